The molecule has 0 bridgehead atoms. The number of ether oxygens (including phenoxy) is 1. The number of hydrogen-bond donors (Lipinski definition) is 1. The lowest BCUT2D eigenvalue weighted by Gasteiger charge is -2.28. The van der Waals surface area contributed by atoms with E-state index in [1.165, 1.54) is 23.3 Å². The number of carbonyl (C=O) groups excluding carboxylic acids is 1. The number of likely N-dealkylation sites (tertiary alicyclic amines) is 1. The van der Waals surface area contributed by atoms with E-state index in [1.54, 1.807) is 18.4 Å². The van der Waals surface area contributed by atoms with Crippen molar-refractivity contribution in [2.24, 2.45) is 0 Å². The van der Waals surface area contributed by atoms with Gasteiger partial charge >= 0.3 is 0 Å². The number of hydrogen-bond acceptors (Lipinski definition) is 4. The zero-order valence-electron chi connectivity index (χ0n) is 15.0. The molecule has 1 amide bonds. The molecule has 0 radical (unpaired) electrons. The molecule has 1 N–H and O–H groups in total. The van der Waals surface area contributed by atoms with Crippen molar-refractivity contribution >= 4 is 17.2 Å². The lowest BCUT2D eigenvalue weighted by Crippen LogP contribution is -2.36. The Morgan fingerprint density at radius 1 is 1.28 bits per heavy atom. The predicted molar refractivity (Wildman–Crippen MR) is 103 cm³/mol. The standard InChI is InChI=1S/C20H26N2O2S/c1-3-18-12-16(14-25-18)20(23)21-13-19(22-10-4-5-11-22)15-6-8-17(24-2)9-7-15/h6-9,12,14,19H,3-5,10-11,13H2,1-2H3,(H,21,23). The zero-order valence-corrected chi connectivity index (χ0v) is 15.8. The van der Waals surface area contributed by atoms with Gasteiger partial charge in [-0.2, -0.15) is 0 Å². The van der Waals surface area contributed by atoms with E-state index < -0.39 is 0 Å². The number of benzene rings is 1. The van der Waals surface area contributed by atoms with Crippen molar-refractivity contribution in [1.29, 1.82) is 0 Å². The molecule has 2 heterocycles. The Balaban J connectivity index is 1.69. The summed E-state index contributed by atoms with van der Waals surface area (Å²) < 4.78 is 5.26. The van der Waals surface area contributed by atoms with Crippen LogP contribution >= 0.6 is 11.3 Å². The molecule has 5 heteroatoms. The minimum Gasteiger partial charge on any atom is -0.497 e. The summed E-state index contributed by atoms with van der Waals surface area (Å²) in [6.45, 7) is 4.92. The van der Waals surface area contributed by atoms with Gasteiger partial charge in [0.2, 0.25) is 0 Å². The first-order valence-corrected chi connectivity index (χ1v) is 9.83. The Bertz CT molecular complexity index is 690. The van der Waals surface area contributed by atoms with Crippen LogP contribution in [-0.2, 0) is 6.42 Å². The fourth-order valence-electron chi connectivity index (χ4n) is 3.31. The van der Waals surface area contributed by atoms with Gasteiger partial charge in [0.05, 0.1) is 18.7 Å². The number of rotatable bonds is 7. The van der Waals surface area contributed by atoms with Gasteiger partial charge in [0, 0.05) is 16.8 Å². The third-order valence-electron chi connectivity index (χ3n) is 4.80. The van der Waals surface area contributed by atoms with E-state index in [1.807, 2.05) is 23.6 Å². The van der Waals surface area contributed by atoms with Crippen molar-refractivity contribution in [2.45, 2.75) is 32.2 Å². The van der Waals surface area contributed by atoms with Crippen LogP contribution in [0, 0.1) is 0 Å². The molecule has 1 unspecified atom stereocenters. The molecule has 1 atom stereocenters. The van der Waals surface area contributed by atoms with Crippen molar-refractivity contribution in [3.63, 3.8) is 0 Å². The molecule has 3 rings (SSSR count). The van der Waals surface area contributed by atoms with Crippen molar-refractivity contribution in [2.75, 3.05) is 26.7 Å². The molecule has 2 aromatic rings. The van der Waals surface area contributed by atoms with Gasteiger partial charge in [0.25, 0.3) is 5.91 Å². The highest BCUT2D eigenvalue weighted by atomic mass is 32.1. The van der Waals surface area contributed by atoms with Gasteiger partial charge in [-0.15, -0.1) is 11.3 Å². The van der Waals surface area contributed by atoms with Crippen molar-refractivity contribution in [3.8, 4) is 5.75 Å². The molecule has 0 spiro atoms. The molecule has 1 aromatic heterocycles. The molecule has 0 saturated carbocycles. The van der Waals surface area contributed by atoms with Crippen LogP contribution in [0.15, 0.2) is 35.7 Å². The summed E-state index contributed by atoms with van der Waals surface area (Å²) in [5.74, 6) is 0.881. The average Bonchev–Trinajstić information content (AvgIpc) is 3.34. The average molecular weight is 359 g/mol. The van der Waals surface area contributed by atoms with Crippen LogP contribution in [0.25, 0.3) is 0 Å². The van der Waals surface area contributed by atoms with E-state index in [9.17, 15) is 4.79 Å². The summed E-state index contributed by atoms with van der Waals surface area (Å²) in [5.41, 5.74) is 2.00. The highest BCUT2D eigenvalue weighted by molar-refractivity contribution is 7.10. The number of carbonyl (C=O) groups is 1. The lowest BCUT2D eigenvalue weighted by molar-refractivity contribution is 0.0938. The van der Waals surface area contributed by atoms with Crippen LogP contribution in [0.3, 0.4) is 0 Å². The summed E-state index contributed by atoms with van der Waals surface area (Å²) in [4.78, 5) is 16.2. The van der Waals surface area contributed by atoms with Gasteiger partial charge in [0.1, 0.15) is 5.75 Å². The van der Waals surface area contributed by atoms with Gasteiger partial charge in [-0.1, -0.05) is 19.1 Å². The normalized spacial score (nSPS) is 15.9. The Morgan fingerprint density at radius 3 is 2.60 bits per heavy atom. The summed E-state index contributed by atoms with van der Waals surface area (Å²) in [6, 6.07) is 10.4. The van der Waals surface area contributed by atoms with Gasteiger partial charge < -0.3 is 10.1 Å². The molecule has 0 aliphatic carbocycles. The van der Waals surface area contributed by atoms with Crippen LogP contribution in [-0.4, -0.2) is 37.6 Å². The maximum absolute atomic E-state index is 12.5. The molecule has 4 nitrogen and oxygen atoms in total. The van der Waals surface area contributed by atoms with E-state index in [4.69, 9.17) is 4.74 Å². The maximum Gasteiger partial charge on any atom is 0.252 e. The Labute approximate surface area is 153 Å². The van der Waals surface area contributed by atoms with Crippen LogP contribution in [0.2, 0.25) is 0 Å². The van der Waals surface area contributed by atoms with Crippen LogP contribution in [0.1, 0.15) is 46.6 Å². The van der Waals surface area contributed by atoms with Gasteiger partial charge in [0.15, 0.2) is 0 Å². The topological polar surface area (TPSA) is 41.6 Å². The largest absolute Gasteiger partial charge is 0.497 e. The van der Waals surface area contributed by atoms with Crippen LogP contribution in [0.4, 0.5) is 0 Å². The summed E-state index contributed by atoms with van der Waals surface area (Å²) in [7, 11) is 1.68. The zero-order chi connectivity index (χ0) is 17.6. The van der Waals surface area contributed by atoms with Crippen molar-refractivity contribution in [1.82, 2.24) is 10.2 Å². The summed E-state index contributed by atoms with van der Waals surface area (Å²) >= 11 is 1.65. The minimum absolute atomic E-state index is 0.0219. The first-order chi connectivity index (χ1) is 12.2. The van der Waals surface area contributed by atoms with Crippen molar-refractivity contribution in [3.05, 3.63) is 51.7 Å². The minimum atomic E-state index is 0.0219. The van der Waals surface area contributed by atoms with E-state index in [0.717, 1.165) is 30.8 Å². The van der Waals surface area contributed by atoms with Gasteiger partial charge in [-0.05, 0) is 56.1 Å². The SMILES string of the molecule is CCc1cc(C(=O)NCC(c2ccc(OC)cc2)N2CCCC2)cs1. The second kappa shape index (κ2) is 8.50. The molecule has 25 heavy (non-hydrogen) atoms. The highest BCUT2D eigenvalue weighted by Crippen LogP contribution is 2.26. The third-order valence-corrected chi connectivity index (χ3v) is 5.88. The Morgan fingerprint density at radius 2 is 2.00 bits per heavy atom. The lowest BCUT2D eigenvalue weighted by atomic mass is 10.0. The number of methoxy groups -OCH3 is 1. The fourth-order valence-corrected chi connectivity index (χ4v) is 4.13. The van der Waals surface area contributed by atoms with Crippen molar-refractivity contribution < 1.29 is 9.53 Å². The van der Waals surface area contributed by atoms with E-state index in [0.29, 0.717) is 6.54 Å². The number of thiophene rings is 1. The van der Waals surface area contributed by atoms with Crippen LogP contribution in [0.5, 0.6) is 5.75 Å². The maximum atomic E-state index is 12.5. The molecule has 134 valence electrons. The number of aryl methyl sites for hydroxylation is 1. The first kappa shape index (κ1) is 18.0. The second-order valence-electron chi connectivity index (χ2n) is 6.40. The summed E-state index contributed by atoms with van der Waals surface area (Å²) in [5, 5.41) is 5.09. The van der Waals surface area contributed by atoms with E-state index in [2.05, 4.69) is 29.3 Å². The first-order valence-electron chi connectivity index (χ1n) is 8.95. The Kier molecular flexibility index (Phi) is 6.10. The predicted octanol–water partition coefficient (Wildman–Crippen LogP) is 3.89. The number of amides is 1. The fraction of sp³-hybridized carbons (Fsp3) is 0.450. The molecule has 1 aromatic carbocycles. The molecular weight excluding hydrogens is 332 g/mol. The third kappa shape index (κ3) is 4.41. The molecule has 1 aliphatic heterocycles. The smallest absolute Gasteiger partial charge is 0.252 e. The molecule has 1 fully saturated rings. The quantitative estimate of drug-likeness (QED) is 0.816. The van der Waals surface area contributed by atoms with Gasteiger partial charge in [-0.25, -0.2) is 0 Å². The number of nitrogens with one attached hydrogen (secondary N) is 1. The molecule has 1 aliphatic rings. The second-order valence-corrected chi connectivity index (χ2v) is 7.39. The monoisotopic (exact) mass is 358 g/mol. The summed E-state index contributed by atoms with van der Waals surface area (Å²) in [6.07, 6.45) is 3.43. The highest BCUT2D eigenvalue weighted by Gasteiger charge is 2.24. The van der Waals surface area contributed by atoms with Crippen LogP contribution < -0.4 is 10.1 Å². The van der Waals surface area contributed by atoms with Gasteiger partial charge in [-0.3, -0.25) is 9.69 Å². The Hall–Kier alpha value is -1.85. The van der Waals surface area contributed by atoms with E-state index >= 15 is 0 Å². The number of nitrogens with zero attached hydrogens (tertiary/aromatic N) is 1. The molecule has 1 saturated heterocycles. The van der Waals surface area contributed by atoms with E-state index in [-0.39, 0.29) is 11.9 Å². The molecular formula is C20H26N2O2S.